The lowest BCUT2D eigenvalue weighted by atomic mass is 10.2. The molecule has 0 aliphatic heterocycles. The van der Waals surface area contributed by atoms with E-state index in [0.29, 0.717) is 21.1 Å². The van der Waals surface area contributed by atoms with Gasteiger partial charge in [0.15, 0.2) is 16.7 Å². The lowest BCUT2D eigenvalue weighted by molar-refractivity contribution is 0.386. The molecule has 4 rings (SSSR count). The third kappa shape index (κ3) is 3.27. The number of benzene rings is 1. The molecule has 0 radical (unpaired) electrons. The molecule has 4 aromatic rings. The number of thioether (sulfide) groups is 1. The molecule has 8 heteroatoms. The molecule has 0 saturated carbocycles. The molecular weight excluding hydrogens is 391 g/mol. The van der Waals surface area contributed by atoms with Gasteiger partial charge in [-0.25, -0.2) is 9.37 Å². The molecule has 0 aliphatic rings. The molecule has 0 aliphatic carbocycles. The number of nitrogens with one attached hydrogen (secondary N) is 1. The van der Waals surface area contributed by atoms with Gasteiger partial charge >= 0.3 is 0 Å². The van der Waals surface area contributed by atoms with Crippen molar-refractivity contribution < 1.29 is 9.13 Å². The Kier molecular flexibility index (Phi) is 4.80. The number of aromatic amines is 1. The van der Waals surface area contributed by atoms with Crippen LogP contribution in [0.5, 0.6) is 5.75 Å². The van der Waals surface area contributed by atoms with Gasteiger partial charge in [-0.3, -0.25) is 4.79 Å². The predicted octanol–water partition coefficient (Wildman–Crippen LogP) is 5.15. The number of hydrogen-bond acceptors (Lipinski definition) is 6. The van der Waals surface area contributed by atoms with Gasteiger partial charge < -0.3 is 9.72 Å². The van der Waals surface area contributed by atoms with Crippen LogP contribution in [0.15, 0.2) is 51.0 Å². The van der Waals surface area contributed by atoms with Gasteiger partial charge in [-0.1, -0.05) is 23.9 Å². The van der Waals surface area contributed by atoms with E-state index in [1.165, 1.54) is 36.3 Å². The van der Waals surface area contributed by atoms with Gasteiger partial charge in [-0.15, -0.1) is 22.7 Å². The Hall–Kier alpha value is -2.16. The highest BCUT2D eigenvalue weighted by atomic mass is 32.2. The van der Waals surface area contributed by atoms with Crippen LogP contribution >= 0.6 is 34.4 Å². The Morgan fingerprint density at radius 3 is 2.92 bits per heavy atom. The second kappa shape index (κ2) is 7.22. The number of thiophene rings is 2. The molecule has 0 unspecified atom stereocenters. The van der Waals surface area contributed by atoms with Crippen molar-refractivity contribution in [3.05, 3.63) is 62.8 Å². The normalized spacial score (nSPS) is 11.2. The molecule has 1 aromatic carbocycles. The number of aromatic nitrogens is 2. The van der Waals surface area contributed by atoms with E-state index in [9.17, 15) is 9.18 Å². The highest BCUT2D eigenvalue weighted by Crippen LogP contribution is 2.34. The highest BCUT2D eigenvalue weighted by Gasteiger charge is 2.14. The van der Waals surface area contributed by atoms with E-state index in [-0.39, 0.29) is 11.3 Å². The Balaban J connectivity index is 1.60. The molecule has 3 heterocycles. The molecule has 0 atom stereocenters. The maximum absolute atomic E-state index is 13.8. The molecular formula is C18H13FN2O2S3. The lowest BCUT2D eigenvalue weighted by Crippen LogP contribution is -2.08. The molecule has 0 spiro atoms. The van der Waals surface area contributed by atoms with Crippen molar-refractivity contribution in [1.82, 2.24) is 9.97 Å². The number of ether oxygens (including phenoxy) is 1. The van der Waals surface area contributed by atoms with Gasteiger partial charge in [-0.2, -0.15) is 0 Å². The summed E-state index contributed by atoms with van der Waals surface area (Å²) in [4.78, 5) is 21.7. The molecule has 26 heavy (non-hydrogen) atoms. The summed E-state index contributed by atoms with van der Waals surface area (Å²) in [6, 6.07) is 8.78. The van der Waals surface area contributed by atoms with Crippen molar-refractivity contribution in [3.8, 4) is 16.2 Å². The fraction of sp³-hybridized carbons (Fsp3) is 0.111. The van der Waals surface area contributed by atoms with Crippen LogP contribution in [-0.4, -0.2) is 17.1 Å². The van der Waals surface area contributed by atoms with E-state index in [1.54, 1.807) is 23.5 Å². The maximum atomic E-state index is 13.8. The van der Waals surface area contributed by atoms with Crippen molar-refractivity contribution in [2.45, 2.75) is 10.9 Å². The number of halogens is 1. The number of hydrogen-bond donors (Lipinski definition) is 1. The summed E-state index contributed by atoms with van der Waals surface area (Å²) in [5.41, 5.74) is 1.56. The van der Waals surface area contributed by atoms with Crippen LogP contribution in [0.25, 0.3) is 20.7 Å². The Labute approximate surface area is 160 Å². The number of rotatable bonds is 5. The first kappa shape index (κ1) is 17.3. The number of methoxy groups -OCH3 is 1. The van der Waals surface area contributed by atoms with Gasteiger partial charge in [0, 0.05) is 21.6 Å². The number of fused-ring (bicyclic) bond motifs is 1. The monoisotopic (exact) mass is 404 g/mol. The zero-order valence-corrected chi connectivity index (χ0v) is 16.1. The summed E-state index contributed by atoms with van der Waals surface area (Å²) in [5, 5.41) is 5.10. The van der Waals surface area contributed by atoms with Crippen molar-refractivity contribution in [2.24, 2.45) is 0 Å². The molecule has 1 N–H and O–H groups in total. The zero-order chi connectivity index (χ0) is 18.1. The molecule has 3 aromatic heterocycles. The van der Waals surface area contributed by atoms with Crippen LogP contribution in [0.3, 0.4) is 0 Å². The van der Waals surface area contributed by atoms with Crippen LogP contribution in [0.1, 0.15) is 5.56 Å². The maximum Gasteiger partial charge on any atom is 0.260 e. The summed E-state index contributed by atoms with van der Waals surface area (Å²) in [6.45, 7) is 0. The third-order valence-corrected chi connectivity index (χ3v) is 6.52. The largest absolute Gasteiger partial charge is 0.494 e. The molecule has 4 nitrogen and oxygen atoms in total. The van der Waals surface area contributed by atoms with E-state index in [0.717, 1.165) is 16.0 Å². The summed E-state index contributed by atoms with van der Waals surface area (Å²) in [6.07, 6.45) is 0. The summed E-state index contributed by atoms with van der Waals surface area (Å²) < 4.78 is 18.7. The minimum absolute atomic E-state index is 0.150. The minimum Gasteiger partial charge on any atom is -0.494 e. The fourth-order valence-corrected chi connectivity index (χ4v) is 5.19. The van der Waals surface area contributed by atoms with E-state index in [2.05, 4.69) is 9.97 Å². The smallest absolute Gasteiger partial charge is 0.260 e. The predicted molar refractivity (Wildman–Crippen MR) is 106 cm³/mol. The van der Waals surface area contributed by atoms with E-state index in [4.69, 9.17) is 4.74 Å². The molecule has 0 fully saturated rings. The van der Waals surface area contributed by atoms with Crippen molar-refractivity contribution in [3.63, 3.8) is 0 Å². The second-order valence-electron chi connectivity index (χ2n) is 5.44. The first-order chi connectivity index (χ1) is 12.7. The molecule has 0 saturated heterocycles. The Bertz CT molecular complexity index is 1120. The van der Waals surface area contributed by atoms with Crippen LogP contribution in [0.4, 0.5) is 4.39 Å². The van der Waals surface area contributed by atoms with Gasteiger partial charge in [0.2, 0.25) is 0 Å². The second-order valence-corrected chi connectivity index (χ2v) is 8.21. The third-order valence-electron chi connectivity index (χ3n) is 3.80. The van der Waals surface area contributed by atoms with E-state index >= 15 is 0 Å². The summed E-state index contributed by atoms with van der Waals surface area (Å²) in [7, 11) is 1.43. The quantitative estimate of drug-likeness (QED) is 0.369. The van der Waals surface area contributed by atoms with Crippen LogP contribution in [-0.2, 0) is 5.75 Å². The van der Waals surface area contributed by atoms with Crippen LogP contribution in [0.2, 0.25) is 0 Å². The van der Waals surface area contributed by atoms with Crippen LogP contribution in [0, 0.1) is 5.82 Å². The zero-order valence-electron chi connectivity index (χ0n) is 13.6. The van der Waals surface area contributed by atoms with E-state index < -0.39 is 5.82 Å². The van der Waals surface area contributed by atoms with E-state index in [1.807, 2.05) is 22.9 Å². The fourth-order valence-electron chi connectivity index (χ4n) is 2.56. The Morgan fingerprint density at radius 1 is 1.31 bits per heavy atom. The van der Waals surface area contributed by atoms with Crippen molar-refractivity contribution in [2.75, 3.05) is 7.11 Å². The standard InChI is InChI=1S/C18H13FN2O2S3/c1-23-13-5-4-10(7-12(13)19)8-26-18-20-16(22)15-11(9-25-17(15)21-18)14-3-2-6-24-14/h2-7,9H,8H2,1H3,(H,20,21,22). The van der Waals surface area contributed by atoms with Crippen LogP contribution < -0.4 is 10.3 Å². The van der Waals surface area contributed by atoms with Gasteiger partial charge in [0.05, 0.1) is 12.5 Å². The number of nitrogens with zero attached hydrogens (tertiary/aromatic N) is 1. The van der Waals surface area contributed by atoms with Crippen molar-refractivity contribution >= 4 is 44.7 Å². The van der Waals surface area contributed by atoms with Gasteiger partial charge in [0.1, 0.15) is 4.83 Å². The highest BCUT2D eigenvalue weighted by molar-refractivity contribution is 7.98. The van der Waals surface area contributed by atoms with Gasteiger partial charge in [0.25, 0.3) is 5.56 Å². The average molecular weight is 405 g/mol. The number of H-pyrrole nitrogens is 1. The first-order valence-electron chi connectivity index (χ1n) is 7.66. The SMILES string of the molecule is COc1ccc(CSc2nc3scc(-c4cccs4)c3c(=O)[nH]2)cc1F. The summed E-state index contributed by atoms with van der Waals surface area (Å²) in [5.74, 6) is 0.311. The molecule has 0 amide bonds. The molecule has 0 bridgehead atoms. The first-order valence-corrected chi connectivity index (χ1v) is 10.4. The topological polar surface area (TPSA) is 55.0 Å². The Morgan fingerprint density at radius 2 is 2.19 bits per heavy atom. The van der Waals surface area contributed by atoms with Crippen molar-refractivity contribution in [1.29, 1.82) is 0 Å². The molecule has 132 valence electrons. The minimum atomic E-state index is -0.402. The van der Waals surface area contributed by atoms with Gasteiger partial charge in [-0.05, 0) is 29.1 Å². The lowest BCUT2D eigenvalue weighted by Gasteiger charge is -2.05. The average Bonchev–Trinajstić information content (AvgIpc) is 3.29. The summed E-state index contributed by atoms with van der Waals surface area (Å²) >= 11 is 4.42.